The number of rotatable bonds is 2. The van der Waals surface area contributed by atoms with Crippen LogP contribution in [0.5, 0.6) is 0 Å². The van der Waals surface area contributed by atoms with Crippen LogP contribution in [0.1, 0.15) is 18.4 Å². The number of carbonyl (C=O) groups excluding carboxylic acids is 1. The molecule has 1 saturated heterocycles. The van der Waals surface area contributed by atoms with Gasteiger partial charge in [-0.3, -0.25) is 4.79 Å². The Kier molecular flexibility index (Phi) is 4.25. The number of likely N-dealkylation sites (N-methyl/N-ethyl adjacent to an activating group) is 1. The van der Waals surface area contributed by atoms with Crippen LogP contribution in [0.15, 0.2) is 18.2 Å². The van der Waals surface area contributed by atoms with Gasteiger partial charge in [-0.1, -0.05) is 11.6 Å². The van der Waals surface area contributed by atoms with Gasteiger partial charge in [-0.15, -0.1) is 0 Å². The van der Waals surface area contributed by atoms with E-state index in [0.29, 0.717) is 13.0 Å². The molecular formula is C13H14ClF3N2O. The summed E-state index contributed by atoms with van der Waals surface area (Å²) in [6.07, 6.45) is -3.11. The lowest BCUT2D eigenvalue weighted by molar-refractivity contribution is -0.137. The maximum Gasteiger partial charge on any atom is 0.417 e. The SMILES string of the molecule is CNC1CCCN(c2ccc(Cl)c(C(F)(F)F)c2)C1=O. The molecule has 0 saturated carbocycles. The van der Waals surface area contributed by atoms with Crippen molar-refractivity contribution in [2.45, 2.75) is 25.1 Å². The molecule has 0 radical (unpaired) electrons. The van der Waals surface area contributed by atoms with Crippen LogP contribution < -0.4 is 10.2 Å². The minimum Gasteiger partial charge on any atom is -0.311 e. The largest absolute Gasteiger partial charge is 0.417 e. The van der Waals surface area contributed by atoms with E-state index in [-0.39, 0.29) is 22.7 Å². The number of piperidine rings is 1. The summed E-state index contributed by atoms with van der Waals surface area (Å²) in [5, 5.41) is 2.51. The Morgan fingerprint density at radius 1 is 1.40 bits per heavy atom. The lowest BCUT2D eigenvalue weighted by Gasteiger charge is -2.32. The molecule has 20 heavy (non-hydrogen) atoms. The summed E-state index contributed by atoms with van der Waals surface area (Å²) in [6.45, 7) is 0.413. The van der Waals surface area contributed by atoms with Crippen molar-refractivity contribution >= 4 is 23.2 Å². The molecule has 1 amide bonds. The van der Waals surface area contributed by atoms with Gasteiger partial charge in [0.15, 0.2) is 0 Å². The first-order chi connectivity index (χ1) is 9.34. The second-order valence-electron chi connectivity index (χ2n) is 4.64. The van der Waals surface area contributed by atoms with Crippen molar-refractivity contribution in [1.82, 2.24) is 5.32 Å². The van der Waals surface area contributed by atoms with Crippen molar-refractivity contribution in [3.05, 3.63) is 28.8 Å². The molecule has 0 bridgehead atoms. The number of anilines is 1. The summed E-state index contributed by atoms with van der Waals surface area (Å²) in [5.74, 6) is -0.214. The van der Waals surface area contributed by atoms with Gasteiger partial charge in [0.25, 0.3) is 0 Å². The zero-order valence-electron chi connectivity index (χ0n) is 10.8. The molecule has 1 aromatic carbocycles. The Bertz CT molecular complexity index is 519. The van der Waals surface area contributed by atoms with Crippen LogP contribution >= 0.6 is 11.6 Å². The average molecular weight is 307 g/mol. The van der Waals surface area contributed by atoms with Crippen molar-refractivity contribution in [3.63, 3.8) is 0 Å². The Hall–Kier alpha value is -1.27. The highest BCUT2D eigenvalue weighted by atomic mass is 35.5. The minimum atomic E-state index is -4.53. The third-order valence-corrected chi connectivity index (χ3v) is 3.68. The van der Waals surface area contributed by atoms with Crippen molar-refractivity contribution < 1.29 is 18.0 Å². The highest BCUT2D eigenvalue weighted by Crippen LogP contribution is 2.37. The molecule has 110 valence electrons. The summed E-state index contributed by atoms with van der Waals surface area (Å²) in [5.41, 5.74) is -0.692. The Morgan fingerprint density at radius 2 is 2.10 bits per heavy atom. The van der Waals surface area contributed by atoms with E-state index in [1.165, 1.54) is 17.0 Å². The molecule has 1 unspecified atom stereocenters. The molecule has 0 aliphatic carbocycles. The Labute approximate surface area is 119 Å². The number of alkyl halides is 3. The van der Waals surface area contributed by atoms with E-state index in [1.807, 2.05) is 0 Å². The Morgan fingerprint density at radius 3 is 2.70 bits per heavy atom. The van der Waals surface area contributed by atoms with Crippen molar-refractivity contribution in [3.8, 4) is 0 Å². The second-order valence-corrected chi connectivity index (χ2v) is 5.04. The first-order valence-electron chi connectivity index (χ1n) is 6.20. The first-order valence-corrected chi connectivity index (χ1v) is 6.58. The van der Waals surface area contributed by atoms with Gasteiger partial charge >= 0.3 is 6.18 Å². The molecule has 7 heteroatoms. The summed E-state index contributed by atoms with van der Waals surface area (Å²) < 4.78 is 38.5. The molecule has 1 atom stereocenters. The van der Waals surface area contributed by atoms with Gasteiger partial charge in [-0.05, 0) is 38.1 Å². The second kappa shape index (κ2) is 5.61. The van der Waals surface area contributed by atoms with Crippen LogP contribution in [-0.2, 0) is 11.0 Å². The quantitative estimate of drug-likeness (QED) is 0.911. The van der Waals surface area contributed by atoms with Crippen molar-refractivity contribution in [2.75, 3.05) is 18.5 Å². The van der Waals surface area contributed by atoms with Crippen molar-refractivity contribution in [2.24, 2.45) is 0 Å². The lowest BCUT2D eigenvalue weighted by Crippen LogP contribution is -2.49. The molecule has 1 N–H and O–H groups in total. The number of nitrogens with one attached hydrogen (secondary N) is 1. The zero-order valence-corrected chi connectivity index (χ0v) is 11.6. The molecule has 2 rings (SSSR count). The third-order valence-electron chi connectivity index (χ3n) is 3.35. The Balaban J connectivity index is 2.36. The van der Waals surface area contributed by atoms with Crippen LogP contribution in [0.4, 0.5) is 18.9 Å². The van der Waals surface area contributed by atoms with E-state index in [9.17, 15) is 18.0 Å². The van der Waals surface area contributed by atoms with Crippen LogP contribution in [0.3, 0.4) is 0 Å². The predicted octanol–water partition coefficient (Wildman–Crippen LogP) is 3.07. The number of hydrogen-bond donors (Lipinski definition) is 1. The van der Waals surface area contributed by atoms with E-state index in [0.717, 1.165) is 12.5 Å². The van der Waals surface area contributed by atoms with Crippen LogP contribution in [0, 0.1) is 0 Å². The van der Waals surface area contributed by atoms with Gasteiger partial charge < -0.3 is 10.2 Å². The summed E-state index contributed by atoms with van der Waals surface area (Å²) in [6, 6.07) is 3.19. The normalized spacial score (nSPS) is 20.4. The monoisotopic (exact) mass is 306 g/mol. The third kappa shape index (κ3) is 2.91. The fraction of sp³-hybridized carbons (Fsp3) is 0.462. The maximum absolute atomic E-state index is 12.8. The molecule has 1 fully saturated rings. The fourth-order valence-corrected chi connectivity index (χ4v) is 2.52. The highest BCUT2D eigenvalue weighted by Gasteiger charge is 2.35. The standard InChI is InChI=1S/C13H14ClF3N2O/c1-18-11-3-2-6-19(12(11)20)8-4-5-10(14)9(7-8)13(15,16)17/h4-5,7,11,18H,2-3,6H2,1H3. The van der Waals surface area contributed by atoms with E-state index >= 15 is 0 Å². The number of nitrogens with zero attached hydrogens (tertiary/aromatic N) is 1. The zero-order chi connectivity index (χ0) is 14.9. The maximum atomic E-state index is 12.8. The molecule has 1 aliphatic rings. The number of amides is 1. The molecule has 3 nitrogen and oxygen atoms in total. The van der Waals surface area contributed by atoms with E-state index in [1.54, 1.807) is 7.05 Å². The summed E-state index contributed by atoms with van der Waals surface area (Å²) in [7, 11) is 1.66. The number of benzene rings is 1. The topological polar surface area (TPSA) is 32.3 Å². The van der Waals surface area contributed by atoms with Gasteiger partial charge in [-0.25, -0.2) is 0 Å². The average Bonchev–Trinajstić information content (AvgIpc) is 2.38. The number of hydrogen-bond acceptors (Lipinski definition) is 2. The van der Waals surface area contributed by atoms with Crippen LogP contribution in [0.2, 0.25) is 5.02 Å². The van der Waals surface area contributed by atoms with E-state index < -0.39 is 11.7 Å². The molecule has 1 aromatic rings. The molecule has 0 aromatic heterocycles. The van der Waals surface area contributed by atoms with E-state index in [2.05, 4.69) is 5.32 Å². The van der Waals surface area contributed by atoms with Gasteiger partial charge in [-0.2, -0.15) is 13.2 Å². The van der Waals surface area contributed by atoms with Crippen LogP contribution in [-0.4, -0.2) is 25.5 Å². The lowest BCUT2D eigenvalue weighted by atomic mass is 10.0. The smallest absolute Gasteiger partial charge is 0.311 e. The molecule has 1 heterocycles. The highest BCUT2D eigenvalue weighted by molar-refractivity contribution is 6.31. The van der Waals surface area contributed by atoms with Crippen LogP contribution in [0.25, 0.3) is 0 Å². The number of halogens is 4. The summed E-state index contributed by atoms with van der Waals surface area (Å²) >= 11 is 5.58. The summed E-state index contributed by atoms with van der Waals surface area (Å²) in [4.78, 5) is 13.5. The fourth-order valence-electron chi connectivity index (χ4n) is 2.30. The first kappa shape index (κ1) is 15.1. The van der Waals surface area contributed by atoms with Crippen molar-refractivity contribution in [1.29, 1.82) is 0 Å². The van der Waals surface area contributed by atoms with Gasteiger partial charge in [0.1, 0.15) is 0 Å². The van der Waals surface area contributed by atoms with Gasteiger partial charge in [0.2, 0.25) is 5.91 Å². The molecule has 1 aliphatic heterocycles. The molecular weight excluding hydrogens is 293 g/mol. The number of carbonyl (C=O) groups is 1. The van der Waals surface area contributed by atoms with Gasteiger partial charge in [0.05, 0.1) is 16.6 Å². The van der Waals surface area contributed by atoms with Gasteiger partial charge in [0, 0.05) is 12.2 Å². The molecule has 0 spiro atoms. The van der Waals surface area contributed by atoms with E-state index in [4.69, 9.17) is 11.6 Å². The predicted molar refractivity (Wildman–Crippen MR) is 70.9 cm³/mol. The minimum absolute atomic E-state index is 0.214.